The van der Waals surface area contributed by atoms with E-state index in [1.165, 1.54) is 0 Å². The molecule has 9 nitrogen and oxygen atoms in total. The monoisotopic (exact) mass is 351 g/mol. The second kappa shape index (κ2) is 6.81. The number of hydrogen-bond acceptors (Lipinski definition) is 5. The van der Waals surface area contributed by atoms with Gasteiger partial charge < -0.3 is 30.0 Å². The lowest BCUT2D eigenvalue weighted by Gasteiger charge is -2.37. The predicted octanol–water partition coefficient (Wildman–Crippen LogP) is -0.130. The van der Waals surface area contributed by atoms with Crippen molar-refractivity contribution in [1.82, 2.24) is 24.9 Å². The number of nitrogens with one attached hydrogen (secondary N) is 1. The van der Waals surface area contributed by atoms with E-state index in [-0.39, 0.29) is 17.9 Å². The molecule has 0 unspecified atom stereocenters. The van der Waals surface area contributed by atoms with Crippen LogP contribution in [0.25, 0.3) is 0 Å². The van der Waals surface area contributed by atoms with Crippen molar-refractivity contribution >= 4 is 17.9 Å². The van der Waals surface area contributed by atoms with Crippen LogP contribution in [0.4, 0.5) is 4.79 Å². The lowest BCUT2D eigenvalue weighted by molar-refractivity contribution is -0.135. The maximum atomic E-state index is 12.6. The molecule has 0 aliphatic carbocycles. The van der Waals surface area contributed by atoms with E-state index in [0.29, 0.717) is 26.2 Å². The molecule has 3 heterocycles. The predicted molar refractivity (Wildman–Crippen MR) is 89.1 cm³/mol. The Bertz CT molecular complexity index is 599. The Labute approximate surface area is 146 Å². The zero-order valence-electron chi connectivity index (χ0n) is 14.6. The second-order valence-electron chi connectivity index (χ2n) is 6.84. The van der Waals surface area contributed by atoms with Crippen LogP contribution in [0.1, 0.15) is 26.2 Å². The van der Waals surface area contributed by atoms with E-state index in [4.69, 9.17) is 5.11 Å². The third-order valence-electron chi connectivity index (χ3n) is 5.10. The van der Waals surface area contributed by atoms with E-state index in [2.05, 4.69) is 10.2 Å². The average molecular weight is 351 g/mol. The van der Waals surface area contributed by atoms with E-state index < -0.39 is 12.1 Å². The first kappa shape index (κ1) is 17.4. The number of likely N-dealkylation sites (tertiary alicyclic amines) is 1. The van der Waals surface area contributed by atoms with Crippen LogP contribution in [0.15, 0.2) is 11.9 Å². The summed E-state index contributed by atoms with van der Waals surface area (Å²) in [7, 11) is 1.95. The maximum absolute atomic E-state index is 12.6. The Balaban J connectivity index is 1.56. The molecule has 0 radical (unpaired) electrons. The summed E-state index contributed by atoms with van der Waals surface area (Å²) in [6.45, 7) is 4.21. The Morgan fingerprint density at radius 2 is 2.00 bits per heavy atom. The van der Waals surface area contributed by atoms with Crippen LogP contribution in [0, 0.1) is 0 Å². The molecule has 3 rings (SSSR count). The minimum absolute atomic E-state index is 0.0631. The molecule has 0 spiro atoms. The van der Waals surface area contributed by atoms with E-state index in [9.17, 15) is 14.4 Å². The molecule has 3 amide bonds. The Morgan fingerprint density at radius 3 is 2.56 bits per heavy atom. The van der Waals surface area contributed by atoms with Crippen molar-refractivity contribution in [3.63, 3.8) is 0 Å². The normalized spacial score (nSPS) is 22.2. The van der Waals surface area contributed by atoms with E-state index in [0.717, 1.165) is 25.2 Å². The number of fused-ring (bicyclic) bond motifs is 1. The first-order valence-corrected chi connectivity index (χ1v) is 8.67. The van der Waals surface area contributed by atoms with Crippen LogP contribution in [0.5, 0.6) is 0 Å². The number of hydrogen-bond donors (Lipinski definition) is 2. The molecule has 3 aliphatic rings. The van der Waals surface area contributed by atoms with Gasteiger partial charge in [0, 0.05) is 32.4 Å². The summed E-state index contributed by atoms with van der Waals surface area (Å²) in [5.41, 5.74) is 0.748. The number of carbonyl (C=O) groups excluding carboxylic acids is 2. The molecular weight excluding hydrogens is 326 g/mol. The summed E-state index contributed by atoms with van der Waals surface area (Å²) in [6, 6.07) is -0.575. The van der Waals surface area contributed by atoms with Gasteiger partial charge in [-0.05, 0) is 19.3 Å². The number of carboxylic acid groups (broad SMARTS) is 1. The number of rotatable bonds is 4. The van der Waals surface area contributed by atoms with Crippen LogP contribution in [0.2, 0.25) is 0 Å². The molecule has 0 aromatic rings. The van der Waals surface area contributed by atoms with Gasteiger partial charge in [-0.15, -0.1) is 0 Å². The van der Waals surface area contributed by atoms with Gasteiger partial charge in [0.1, 0.15) is 11.7 Å². The number of amides is 3. The van der Waals surface area contributed by atoms with Gasteiger partial charge in [-0.1, -0.05) is 6.92 Å². The lowest BCUT2D eigenvalue weighted by atomic mass is 10.0. The van der Waals surface area contributed by atoms with Crippen LogP contribution in [-0.2, 0) is 9.59 Å². The minimum Gasteiger partial charge on any atom is -0.465 e. The molecule has 0 bridgehead atoms. The zero-order chi connectivity index (χ0) is 18.1. The molecule has 1 atom stereocenters. The van der Waals surface area contributed by atoms with Gasteiger partial charge in [0.05, 0.1) is 13.3 Å². The average Bonchev–Trinajstić information content (AvgIpc) is 3.09. The number of carbonyl (C=O) groups is 3. The van der Waals surface area contributed by atoms with E-state index >= 15 is 0 Å². The Morgan fingerprint density at radius 1 is 1.32 bits per heavy atom. The highest BCUT2D eigenvalue weighted by Crippen LogP contribution is 2.29. The van der Waals surface area contributed by atoms with Crippen molar-refractivity contribution in [3.8, 4) is 0 Å². The maximum Gasteiger partial charge on any atom is 0.405 e. The van der Waals surface area contributed by atoms with Crippen molar-refractivity contribution < 1.29 is 19.5 Å². The van der Waals surface area contributed by atoms with Gasteiger partial charge in [0.25, 0.3) is 5.91 Å². The molecule has 0 aromatic carbocycles. The Kier molecular flexibility index (Phi) is 4.73. The first-order chi connectivity index (χ1) is 11.9. The SMILES string of the molecule is CC[C@@H](NC(=O)O)C(=O)N1CCC(N2CN3CN(C)C=C3C2=O)CC1. The van der Waals surface area contributed by atoms with Gasteiger partial charge >= 0.3 is 6.09 Å². The highest BCUT2D eigenvalue weighted by atomic mass is 16.4. The fourth-order valence-electron chi connectivity index (χ4n) is 3.77. The highest BCUT2D eigenvalue weighted by molar-refractivity contribution is 5.95. The molecule has 138 valence electrons. The minimum atomic E-state index is -1.18. The molecule has 0 aromatic heterocycles. The fraction of sp³-hybridized carbons (Fsp3) is 0.688. The van der Waals surface area contributed by atoms with Crippen molar-refractivity contribution in [2.24, 2.45) is 0 Å². The third kappa shape index (κ3) is 3.35. The number of piperidine rings is 1. The van der Waals surface area contributed by atoms with Gasteiger partial charge in [0.2, 0.25) is 5.91 Å². The van der Waals surface area contributed by atoms with Crippen LogP contribution < -0.4 is 5.32 Å². The molecule has 2 N–H and O–H groups in total. The molecular formula is C16H25N5O4. The Hall–Kier alpha value is -2.45. The summed E-state index contributed by atoms with van der Waals surface area (Å²) < 4.78 is 0. The number of nitrogens with zero attached hydrogens (tertiary/aromatic N) is 4. The van der Waals surface area contributed by atoms with Gasteiger partial charge in [-0.2, -0.15) is 0 Å². The van der Waals surface area contributed by atoms with Crippen LogP contribution in [0.3, 0.4) is 0 Å². The van der Waals surface area contributed by atoms with Crippen LogP contribution >= 0.6 is 0 Å². The summed E-state index contributed by atoms with van der Waals surface area (Å²) in [6.07, 6.45) is 2.56. The summed E-state index contributed by atoms with van der Waals surface area (Å²) in [5, 5.41) is 11.1. The van der Waals surface area contributed by atoms with E-state index in [1.807, 2.05) is 23.0 Å². The molecule has 2 fully saturated rings. The van der Waals surface area contributed by atoms with Crippen molar-refractivity contribution in [2.75, 3.05) is 33.5 Å². The van der Waals surface area contributed by atoms with Crippen LogP contribution in [-0.4, -0.2) is 88.2 Å². The van der Waals surface area contributed by atoms with Gasteiger partial charge in [-0.25, -0.2) is 4.79 Å². The van der Waals surface area contributed by atoms with Crippen molar-refractivity contribution in [3.05, 3.63) is 11.9 Å². The summed E-state index contributed by atoms with van der Waals surface area (Å²) in [5.74, 6) is -0.117. The quantitative estimate of drug-likeness (QED) is 0.732. The third-order valence-corrected chi connectivity index (χ3v) is 5.10. The molecule has 0 saturated carbocycles. The molecule has 2 saturated heterocycles. The molecule has 9 heteroatoms. The van der Waals surface area contributed by atoms with E-state index in [1.54, 1.807) is 11.8 Å². The lowest BCUT2D eigenvalue weighted by Crippen LogP contribution is -2.53. The van der Waals surface area contributed by atoms with Crippen molar-refractivity contribution in [2.45, 2.75) is 38.3 Å². The first-order valence-electron chi connectivity index (χ1n) is 8.67. The fourth-order valence-corrected chi connectivity index (χ4v) is 3.77. The zero-order valence-corrected chi connectivity index (χ0v) is 14.6. The second-order valence-corrected chi connectivity index (χ2v) is 6.84. The molecule has 3 aliphatic heterocycles. The summed E-state index contributed by atoms with van der Waals surface area (Å²) >= 11 is 0. The summed E-state index contributed by atoms with van der Waals surface area (Å²) in [4.78, 5) is 43.5. The van der Waals surface area contributed by atoms with Gasteiger partial charge in [0.15, 0.2) is 0 Å². The highest BCUT2D eigenvalue weighted by Gasteiger charge is 2.41. The largest absolute Gasteiger partial charge is 0.465 e. The van der Waals surface area contributed by atoms with Crippen molar-refractivity contribution in [1.29, 1.82) is 0 Å². The topological polar surface area (TPSA) is 96.4 Å². The molecule has 25 heavy (non-hydrogen) atoms. The standard InChI is InChI=1S/C16H25N5O4/c1-3-12(17-16(24)25)14(22)19-6-4-11(5-7-19)21-10-20-9-18(2)8-13(20)15(21)23/h8,11-12,17H,3-7,9-10H2,1-2H3,(H,24,25)/t12-/m1/s1. The smallest absolute Gasteiger partial charge is 0.405 e. The van der Waals surface area contributed by atoms with Gasteiger partial charge in [-0.3, -0.25) is 9.59 Å².